The summed E-state index contributed by atoms with van der Waals surface area (Å²) in [5, 5.41) is 5.35. The molecule has 2 rings (SSSR count). The van der Waals surface area contributed by atoms with Gasteiger partial charge in [0.2, 0.25) is 5.91 Å². The molecule has 5 nitrogen and oxygen atoms in total. The fraction of sp³-hybridized carbons (Fsp3) is 0.158. The summed E-state index contributed by atoms with van der Waals surface area (Å²) in [6.45, 7) is 1.65. The first kappa shape index (κ1) is 17.1. The van der Waals surface area contributed by atoms with Gasteiger partial charge in [0.25, 0.3) is 5.91 Å². The minimum absolute atomic E-state index is 0.0445. The molecule has 0 aliphatic rings. The van der Waals surface area contributed by atoms with E-state index in [1.54, 1.807) is 36.4 Å². The molecular formula is C19H18N2O3. The van der Waals surface area contributed by atoms with Crippen LogP contribution in [0.5, 0.6) is 5.75 Å². The predicted octanol–water partition coefficient (Wildman–Crippen LogP) is 2.19. The summed E-state index contributed by atoms with van der Waals surface area (Å²) in [4.78, 5) is 22.6. The highest BCUT2D eigenvalue weighted by molar-refractivity contribution is 5.88. The number of hydrogen-bond acceptors (Lipinski definition) is 3. The Morgan fingerprint density at radius 1 is 1.04 bits per heavy atom. The second-order valence-electron chi connectivity index (χ2n) is 4.94. The lowest BCUT2D eigenvalue weighted by molar-refractivity contribution is -0.122. The molecule has 2 N–H and O–H groups in total. The van der Waals surface area contributed by atoms with E-state index in [0.29, 0.717) is 5.75 Å². The zero-order valence-corrected chi connectivity index (χ0v) is 13.3. The summed E-state index contributed by atoms with van der Waals surface area (Å²) < 4.78 is 5.33. The Kier molecular flexibility index (Phi) is 6.42. The smallest absolute Gasteiger partial charge is 0.258 e. The molecule has 0 aliphatic heterocycles. The first-order valence-electron chi connectivity index (χ1n) is 7.44. The van der Waals surface area contributed by atoms with Crippen LogP contribution >= 0.6 is 0 Å². The Balaban J connectivity index is 1.73. The number of anilines is 1. The largest absolute Gasteiger partial charge is 0.484 e. The third-order valence-corrected chi connectivity index (χ3v) is 2.93. The predicted molar refractivity (Wildman–Crippen MR) is 92.6 cm³/mol. The molecule has 0 saturated heterocycles. The molecule has 0 unspecified atom stereocenters. The molecule has 0 heterocycles. The van der Waals surface area contributed by atoms with Crippen molar-refractivity contribution in [3.63, 3.8) is 0 Å². The molecule has 0 bridgehead atoms. The van der Waals surface area contributed by atoms with Crippen molar-refractivity contribution in [2.45, 2.75) is 6.92 Å². The normalized spacial score (nSPS) is 9.38. The van der Waals surface area contributed by atoms with Gasteiger partial charge in [0, 0.05) is 18.2 Å². The first-order valence-corrected chi connectivity index (χ1v) is 7.44. The van der Waals surface area contributed by atoms with Crippen molar-refractivity contribution >= 4 is 17.5 Å². The monoisotopic (exact) mass is 322 g/mol. The molecular weight excluding hydrogens is 304 g/mol. The summed E-state index contributed by atoms with van der Waals surface area (Å²) in [5.74, 6) is 6.11. The van der Waals surface area contributed by atoms with Gasteiger partial charge in [0.15, 0.2) is 6.61 Å². The van der Waals surface area contributed by atoms with E-state index in [9.17, 15) is 9.59 Å². The average molecular weight is 322 g/mol. The van der Waals surface area contributed by atoms with Gasteiger partial charge in [-0.25, -0.2) is 0 Å². The van der Waals surface area contributed by atoms with E-state index in [0.717, 1.165) is 11.3 Å². The van der Waals surface area contributed by atoms with Gasteiger partial charge in [-0.15, -0.1) is 0 Å². The maximum absolute atomic E-state index is 11.6. The van der Waals surface area contributed by atoms with E-state index in [1.165, 1.54) is 6.92 Å². The zero-order chi connectivity index (χ0) is 17.2. The Labute approximate surface area is 141 Å². The van der Waals surface area contributed by atoms with Crippen molar-refractivity contribution in [2.75, 3.05) is 18.5 Å². The van der Waals surface area contributed by atoms with Crippen molar-refractivity contribution < 1.29 is 14.3 Å². The van der Waals surface area contributed by atoms with Crippen LogP contribution < -0.4 is 15.4 Å². The van der Waals surface area contributed by atoms with Crippen molar-refractivity contribution in [3.8, 4) is 17.6 Å². The second kappa shape index (κ2) is 9.01. The van der Waals surface area contributed by atoms with Crippen LogP contribution in [-0.4, -0.2) is 25.0 Å². The molecule has 0 atom stereocenters. The topological polar surface area (TPSA) is 67.4 Å². The number of nitrogens with one attached hydrogen (secondary N) is 2. The number of rotatable bonds is 5. The Hall–Kier alpha value is -3.26. The van der Waals surface area contributed by atoms with Crippen LogP contribution in [0.2, 0.25) is 0 Å². The quantitative estimate of drug-likeness (QED) is 0.829. The SMILES string of the molecule is CC(=O)Nc1ccc(C#CCNC(=O)COc2ccccc2)cc1. The van der Waals surface area contributed by atoms with Gasteiger partial charge in [0.05, 0.1) is 6.54 Å². The lowest BCUT2D eigenvalue weighted by atomic mass is 10.2. The van der Waals surface area contributed by atoms with Crippen LogP contribution in [0.25, 0.3) is 0 Å². The van der Waals surface area contributed by atoms with Crippen LogP contribution in [0.3, 0.4) is 0 Å². The molecule has 0 radical (unpaired) electrons. The highest BCUT2D eigenvalue weighted by atomic mass is 16.5. The molecule has 0 saturated carbocycles. The number of ether oxygens (including phenoxy) is 1. The van der Waals surface area contributed by atoms with E-state index < -0.39 is 0 Å². The highest BCUT2D eigenvalue weighted by Crippen LogP contribution is 2.08. The van der Waals surface area contributed by atoms with Crippen LogP contribution in [0.1, 0.15) is 12.5 Å². The maximum atomic E-state index is 11.6. The van der Waals surface area contributed by atoms with E-state index in [1.807, 2.05) is 18.2 Å². The van der Waals surface area contributed by atoms with Crippen molar-refractivity contribution in [2.24, 2.45) is 0 Å². The highest BCUT2D eigenvalue weighted by Gasteiger charge is 2.00. The van der Waals surface area contributed by atoms with Gasteiger partial charge in [0.1, 0.15) is 5.75 Å². The Bertz CT molecular complexity index is 744. The van der Waals surface area contributed by atoms with Gasteiger partial charge in [-0.05, 0) is 36.4 Å². The fourth-order valence-electron chi connectivity index (χ4n) is 1.85. The van der Waals surface area contributed by atoms with E-state index in [-0.39, 0.29) is 25.0 Å². The number of carbonyl (C=O) groups excluding carboxylic acids is 2. The van der Waals surface area contributed by atoms with E-state index >= 15 is 0 Å². The number of amides is 2. The molecule has 122 valence electrons. The standard InChI is InChI=1S/C19H18N2O3/c1-15(22)21-17-11-9-16(10-12-17)6-5-13-20-19(23)14-24-18-7-3-2-4-8-18/h2-4,7-12H,13-14H2,1H3,(H,20,23)(H,21,22). The van der Waals surface area contributed by atoms with Crippen molar-refractivity contribution in [1.29, 1.82) is 0 Å². The zero-order valence-electron chi connectivity index (χ0n) is 13.3. The van der Waals surface area contributed by atoms with Gasteiger partial charge < -0.3 is 15.4 Å². The first-order chi connectivity index (χ1) is 11.6. The van der Waals surface area contributed by atoms with Gasteiger partial charge >= 0.3 is 0 Å². The van der Waals surface area contributed by atoms with E-state index in [2.05, 4.69) is 22.5 Å². The number of carbonyl (C=O) groups is 2. The summed E-state index contributed by atoms with van der Waals surface area (Å²) >= 11 is 0. The third kappa shape index (κ3) is 6.24. The number of para-hydroxylation sites is 1. The molecule has 2 amide bonds. The third-order valence-electron chi connectivity index (χ3n) is 2.93. The van der Waals surface area contributed by atoms with Gasteiger partial charge in [-0.3, -0.25) is 9.59 Å². The Morgan fingerprint density at radius 3 is 2.42 bits per heavy atom. The average Bonchev–Trinajstić information content (AvgIpc) is 2.59. The second-order valence-corrected chi connectivity index (χ2v) is 4.94. The molecule has 2 aromatic carbocycles. The summed E-state index contributed by atoms with van der Waals surface area (Å²) in [6.07, 6.45) is 0. The minimum atomic E-state index is -0.228. The minimum Gasteiger partial charge on any atom is -0.484 e. The van der Waals surface area contributed by atoms with Crippen molar-refractivity contribution in [1.82, 2.24) is 5.32 Å². The van der Waals surface area contributed by atoms with Gasteiger partial charge in [-0.2, -0.15) is 0 Å². The molecule has 2 aromatic rings. The lowest BCUT2D eigenvalue weighted by Crippen LogP contribution is -2.29. The molecule has 0 aliphatic carbocycles. The summed E-state index contributed by atoms with van der Waals surface area (Å²) in [7, 11) is 0. The number of benzene rings is 2. The molecule has 24 heavy (non-hydrogen) atoms. The summed E-state index contributed by atoms with van der Waals surface area (Å²) in [6, 6.07) is 16.3. The molecule has 0 aromatic heterocycles. The lowest BCUT2D eigenvalue weighted by Gasteiger charge is -2.05. The maximum Gasteiger partial charge on any atom is 0.258 e. The molecule has 0 fully saturated rings. The van der Waals surface area contributed by atoms with Crippen LogP contribution in [0.15, 0.2) is 54.6 Å². The van der Waals surface area contributed by atoms with Crippen LogP contribution in [-0.2, 0) is 9.59 Å². The Morgan fingerprint density at radius 2 is 1.75 bits per heavy atom. The van der Waals surface area contributed by atoms with Crippen LogP contribution in [0.4, 0.5) is 5.69 Å². The fourth-order valence-corrected chi connectivity index (χ4v) is 1.85. The molecule has 0 spiro atoms. The van der Waals surface area contributed by atoms with Crippen molar-refractivity contribution in [3.05, 3.63) is 60.2 Å². The summed E-state index contributed by atoms with van der Waals surface area (Å²) in [5.41, 5.74) is 1.53. The molecule has 5 heteroatoms. The van der Waals surface area contributed by atoms with Gasteiger partial charge in [-0.1, -0.05) is 30.0 Å². The van der Waals surface area contributed by atoms with E-state index in [4.69, 9.17) is 4.74 Å². The number of hydrogen-bond donors (Lipinski definition) is 2. The van der Waals surface area contributed by atoms with Crippen LogP contribution in [0, 0.1) is 11.8 Å².